The molecule has 2 saturated heterocycles. The van der Waals surface area contributed by atoms with Gasteiger partial charge in [0.1, 0.15) is 0 Å². The molecule has 2 aliphatic rings. The number of sulfonamides is 1. The summed E-state index contributed by atoms with van der Waals surface area (Å²) in [5.74, 6) is 0.443. The van der Waals surface area contributed by atoms with Gasteiger partial charge in [0.15, 0.2) is 0 Å². The zero-order valence-corrected chi connectivity index (χ0v) is 10.9. The topological polar surface area (TPSA) is 66.8 Å². The summed E-state index contributed by atoms with van der Waals surface area (Å²) < 4.78 is 31.2. The van der Waals surface area contributed by atoms with Gasteiger partial charge in [-0.25, -0.2) is 12.7 Å². The van der Waals surface area contributed by atoms with Crippen molar-refractivity contribution < 1.29 is 18.3 Å². The van der Waals surface area contributed by atoms with Crippen LogP contribution < -0.4 is 0 Å². The molecular formula is C11H21NO4S. The van der Waals surface area contributed by atoms with Crippen LogP contribution in [0.15, 0.2) is 0 Å². The first-order chi connectivity index (χ1) is 8.12. The average molecular weight is 263 g/mol. The molecule has 6 heteroatoms. The van der Waals surface area contributed by atoms with E-state index in [1.165, 1.54) is 0 Å². The molecule has 0 radical (unpaired) electrons. The number of nitrogens with zero attached hydrogens (tertiary/aromatic N) is 1. The minimum absolute atomic E-state index is 0.114. The Morgan fingerprint density at radius 3 is 2.82 bits per heavy atom. The zero-order valence-electron chi connectivity index (χ0n) is 10.0. The molecule has 0 aromatic heterocycles. The molecular weight excluding hydrogens is 242 g/mol. The van der Waals surface area contributed by atoms with Crippen LogP contribution in [-0.2, 0) is 14.8 Å². The highest BCUT2D eigenvalue weighted by Crippen LogP contribution is 2.24. The van der Waals surface area contributed by atoms with E-state index in [2.05, 4.69) is 0 Å². The van der Waals surface area contributed by atoms with Crippen LogP contribution in [0.25, 0.3) is 0 Å². The predicted molar refractivity (Wildman–Crippen MR) is 64.1 cm³/mol. The SMILES string of the molecule is O=S(=O)(CC1CCCO1)N1CCC(CCO)C1. The average Bonchev–Trinajstić information content (AvgIpc) is 2.88. The minimum Gasteiger partial charge on any atom is -0.396 e. The molecule has 100 valence electrons. The second-order valence-electron chi connectivity index (χ2n) is 4.94. The van der Waals surface area contributed by atoms with Crippen LogP contribution in [0.5, 0.6) is 0 Å². The number of hydrogen-bond donors (Lipinski definition) is 1. The van der Waals surface area contributed by atoms with Gasteiger partial charge in [-0.3, -0.25) is 0 Å². The van der Waals surface area contributed by atoms with Gasteiger partial charge >= 0.3 is 0 Å². The van der Waals surface area contributed by atoms with Crippen molar-refractivity contribution in [2.45, 2.75) is 31.8 Å². The number of ether oxygens (including phenoxy) is 1. The fourth-order valence-corrected chi connectivity index (χ4v) is 4.35. The number of aliphatic hydroxyl groups excluding tert-OH is 1. The monoisotopic (exact) mass is 263 g/mol. The standard InChI is InChI=1S/C11H21NO4S/c13-6-4-10-3-5-12(8-10)17(14,15)9-11-2-1-7-16-11/h10-11,13H,1-9H2. The van der Waals surface area contributed by atoms with E-state index < -0.39 is 10.0 Å². The molecule has 2 rings (SSSR count). The van der Waals surface area contributed by atoms with Gasteiger partial charge in [0.05, 0.1) is 11.9 Å². The van der Waals surface area contributed by atoms with Crippen molar-refractivity contribution in [1.82, 2.24) is 4.31 Å². The van der Waals surface area contributed by atoms with Crippen LogP contribution >= 0.6 is 0 Å². The van der Waals surface area contributed by atoms with Crippen molar-refractivity contribution in [2.75, 3.05) is 32.1 Å². The summed E-state index contributed by atoms with van der Waals surface area (Å²) in [5, 5.41) is 8.86. The van der Waals surface area contributed by atoms with Gasteiger partial charge in [0.25, 0.3) is 0 Å². The Morgan fingerprint density at radius 1 is 1.35 bits per heavy atom. The molecule has 2 heterocycles. The summed E-state index contributed by atoms with van der Waals surface area (Å²) >= 11 is 0. The van der Waals surface area contributed by atoms with Gasteiger partial charge in [0.2, 0.25) is 10.0 Å². The van der Waals surface area contributed by atoms with Crippen LogP contribution in [0.2, 0.25) is 0 Å². The molecule has 0 amide bonds. The number of rotatable bonds is 5. The Labute approximate surface area is 103 Å². The van der Waals surface area contributed by atoms with E-state index in [0.29, 0.717) is 32.0 Å². The lowest BCUT2D eigenvalue weighted by molar-refractivity contribution is 0.126. The third kappa shape index (κ3) is 3.40. The van der Waals surface area contributed by atoms with Gasteiger partial charge in [-0.2, -0.15) is 0 Å². The van der Waals surface area contributed by atoms with Gasteiger partial charge in [0, 0.05) is 26.3 Å². The summed E-state index contributed by atoms with van der Waals surface area (Å²) in [6.45, 7) is 1.99. The Morgan fingerprint density at radius 2 is 2.18 bits per heavy atom. The van der Waals surface area contributed by atoms with Crippen molar-refractivity contribution in [2.24, 2.45) is 5.92 Å². The quantitative estimate of drug-likeness (QED) is 0.769. The Balaban J connectivity index is 1.87. The van der Waals surface area contributed by atoms with Crippen molar-refractivity contribution in [3.05, 3.63) is 0 Å². The molecule has 2 atom stereocenters. The van der Waals surface area contributed by atoms with Gasteiger partial charge in [-0.1, -0.05) is 0 Å². The summed E-state index contributed by atoms with van der Waals surface area (Å²) in [6, 6.07) is 0. The Bertz CT molecular complexity index is 337. The molecule has 0 aromatic carbocycles. The molecule has 0 saturated carbocycles. The second kappa shape index (κ2) is 5.65. The fourth-order valence-electron chi connectivity index (χ4n) is 2.58. The van der Waals surface area contributed by atoms with E-state index in [1.807, 2.05) is 0 Å². The van der Waals surface area contributed by atoms with Crippen LogP contribution in [0.1, 0.15) is 25.7 Å². The van der Waals surface area contributed by atoms with Gasteiger partial charge < -0.3 is 9.84 Å². The smallest absolute Gasteiger partial charge is 0.216 e. The third-order valence-corrected chi connectivity index (χ3v) is 5.51. The first kappa shape index (κ1) is 13.3. The maximum absolute atomic E-state index is 12.1. The summed E-state index contributed by atoms with van der Waals surface area (Å²) in [5.41, 5.74) is 0. The molecule has 2 aliphatic heterocycles. The normalized spacial score (nSPS) is 31.1. The van der Waals surface area contributed by atoms with E-state index in [0.717, 1.165) is 19.3 Å². The molecule has 17 heavy (non-hydrogen) atoms. The van der Waals surface area contributed by atoms with E-state index in [4.69, 9.17) is 9.84 Å². The second-order valence-corrected chi connectivity index (χ2v) is 6.95. The van der Waals surface area contributed by atoms with E-state index in [-0.39, 0.29) is 18.5 Å². The molecule has 5 nitrogen and oxygen atoms in total. The van der Waals surface area contributed by atoms with E-state index in [1.54, 1.807) is 4.31 Å². The Hall–Kier alpha value is -0.170. The minimum atomic E-state index is -3.17. The maximum Gasteiger partial charge on any atom is 0.216 e. The summed E-state index contributed by atoms with van der Waals surface area (Å²) in [6.07, 6.45) is 3.27. The Kier molecular flexibility index (Phi) is 4.41. The maximum atomic E-state index is 12.1. The molecule has 1 N–H and O–H groups in total. The van der Waals surface area contributed by atoms with Crippen LogP contribution in [0.4, 0.5) is 0 Å². The van der Waals surface area contributed by atoms with E-state index >= 15 is 0 Å². The predicted octanol–water partition coefficient (Wildman–Crippen LogP) is 0.200. The highest BCUT2D eigenvalue weighted by Gasteiger charge is 2.33. The van der Waals surface area contributed by atoms with Crippen molar-refractivity contribution >= 4 is 10.0 Å². The lowest BCUT2D eigenvalue weighted by atomic mass is 10.1. The summed E-state index contributed by atoms with van der Waals surface area (Å²) in [7, 11) is -3.17. The fraction of sp³-hybridized carbons (Fsp3) is 1.00. The van der Waals surface area contributed by atoms with Crippen molar-refractivity contribution in [3.63, 3.8) is 0 Å². The zero-order chi connectivity index (χ0) is 12.3. The molecule has 0 aliphatic carbocycles. The molecule has 0 bridgehead atoms. The van der Waals surface area contributed by atoms with Crippen LogP contribution in [-0.4, -0.2) is 56.0 Å². The highest BCUT2D eigenvalue weighted by molar-refractivity contribution is 7.89. The van der Waals surface area contributed by atoms with E-state index in [9.17, 15) is 8.42 Å². The molecule has 0 aromatic rings. The van der Waals surface area contributed by atoms with Crippen molar-refractivity contribution in [3.8, 4) is 0 Å². The summed E-state index contributed by atoms with van der Waals surface area (Å²) in [4.78, 5) is 0. The lowest BCUT2D eigenvalue weighted by Gasteiger charge is -2.18. The first-order valence-corrected chi connectivity index (χ1v) is 7.93. The molecule has 2 unspecified atom stereocenters. The van der Waals surface area contributed by atoms with Crippen molar-refractivity contribution in [1.29, 1.82) is 0 Å². The van der Waals surface area contributed by atoms with Crippen LogP contribution in [0.3, 0.4) is 0 Å². The van der Waals surface area contributed by atoms with Gasteiger partial charge in [-0.15, -0.1) is 0 Å². The first-order valence-electron chi connectivity index (χ1n) is 6.32. The molecule has 0 spiro atoms. The van der Waals surface area contributed by atoms with Gasteiger partial charge in [-0.05, 0) is 31.6 Å². The van der Waals surface area contributed by atoms with Crippen LogP contribution in [0, 0.1) is 5.92 Å². The number of aliphatic hydroxyl groups is 1. The third-order valence-electron chi connectivity index (χ3n) is 3.60. The number of hydrogen-bond acceptors (Lipinski definition) is 4. The molecule has 2 fully saturated rings. The largest absolute Gasteiger partial charge is 0.396 e. The highest BCUT2D eigenvalue weighted by atomic mass is 32.2. The lowest BCUT2D eigenvalue weighted by Crippen LogP contribution is -2.35.